The maximum atomic E-state index is 4.48. The van der Waals surface area contributed by atoms with Gasteiger partial charge in [0, 0.05) is 31.7 Å². The number of nitrogens with zero attached hydrogens (tertiary/aromatic N) is 2. The summed E-state index contributed by atoms with van der Waals surface area (Å²) in [6.07, 6.45) is 3.87. The number of halogens is 1. The summed E-state index contributed by atoms with van der Waals surface area (Å²) >= 11 is 0. The number of hydrogen-bond donors (Lipinski definition) is 2. The summed E-state index contributed by atoms with van der Waals surface area (Å²) < 4.78 is 0. The summed E-state index contributed by atoms with van der Waals surface area (Å²) in [4.78, 5) is 8.67. The third-order valence-electron chi connectivity index (χ3n) is 3.17. The van der Waals surface area contributed by atoms with Crippen LogP contribution in [-0.2, 0) is 6.42 Å². The van der Waals surface area contributed by atoms with Crippen LogP contribution in [-0.4, -0.2) is 31.1 Å². The standard InChI is InChI=1S/C16H22N4.HI/c1-3-10-19-16(17-2)20-12-9-14-7-4-6-13-8-5-11-18-15(13)14;/h4-8,11H,3,9-10,12H2,1-2H3,(H2,17,19,20);1H. The second-order valence-corrected chi connectivity index (χ2v) is 4.67. The van der Waals surface area contributed by atoms with Crippen LogP contribution in [0.2, 0.25) is 0 Å². The largest absolute Gasteiger partial charge is 0.356 e. The van der Waals surface area contributed by atoms with Gasteiger partial charge in [-0.05, 0) is 24.5 Å². The van der Waals surface area contributed by atoms with Crippen LogP contribution in [0, 0.1) is 0 Å². The Morgan fingerprint density at radius 3 is 2.67 bits per heavy atom. The Balaban J connectivity index is 0.00000220. The number of benzene rings is 1. The Bertz CT molecular complexity index is 578. The zero-order valence-corrected chi connectivity index (χ0v) is 14.9. The first-order valence-corrected chi connectivity index (χ1v) is 7.12. The highest BCUT2D eigenvalue weighted by atomic mass is 127. The van der Waals surface area contributed by atoms with Crippen LogP contribution in [0.1, 0.15) is 18.9 Å². The molecule has 0 radical (unpaired) electrons. The van der Waals surface area contributed by atoms with Crippen molar-refractivity contribution in [1.82, 2.24) is 15.6 Å². The molecule has 0 bridgehead atoms. The fraction of sp³-hybridized carbons (Fsp3) is 0.375. The first kappa shape index (κ1) is 17.7. The highest BCUT2D eigenvalue weighted by Gasteiger charge is 2.02. The molecule has 0 spiro atoms. The van der Waals surface area contributed by atoms with Crippen LogP contribution in [0.3, 0.4) is 0 Å². The van der Waals surface area contributed by atoms with Gasteiger partial charge in [0.1, 0.15) is 0 Å². The Morgan fingerprint density at radius 1 is 1.14 bits per heavy atom. The van der Waals surface area contributed by atoms with Crippen molar-refractivity contribution in [2.75, 3.05) is 20.1 Å². The summed E-state index contributed by atoms with van der Waals surface area (Å²) in [6.45, 7) is 3.93. The molecule has 0 unspecified atom stereocenters. The van der Waals surface area contributed by atoms with E-state index in [0.717, 1.165) is 37.4 Å². The van der Waals surface area contributed by atoms with Crippen molar-refractivity contribution in [3.8, 4) is 0 Å². The molecule has 0 aliphatic rings. The van der Waals surface area contributed by atoms with Crippen molar-refractivity contribution in [1.29, 1.82) is 0 Å². The van der Waals surface area contributed by atoms with E-state index in [1.165, 1.54) is 10.9 Å². The molecule has 0 atom stereocenters. The maximum Gasteiger partial charge on any atom is 0.190 e. The molecule has 0 saturated heterocycles. The van der Waals surface area contributed by atoms with Gasteiger partial charge in [-0.15, -0.1) is 24.0 Å². The van der Waals surface area contributed by atoms with Crippen LogP contribution >= 0.6 is 24.0 Å². The second-order valence-electron chi connectivity index (χ2n) is 4.67. The Hall–Kier alpha value is -1.37. The van der Waals surface area contributed by atoms with Crippen molar-refractivity contribution >= 4 is 40.8 Å². The molecular weight excluding hydrogens is 375 g/mol. The zero-order chi connectivity index (χ0) is 14.2. The minimum absolute atomic E-state index is 0. The van der Waals surface area contributed by atoms with E-state index in [0.29, 0.717) is 0 Å². The fourth-order valence-electron chi connectivity index (χ4n) is 2.15. The Morgan fingerprint density at radius 2 is 1.90 bits per heavy atom. The average molecular weight is 398 g/mol. The van der Waals surface area contributed by atoms with Gasteiger partial charge in [-0.2, -0.15) is 0 Å². The van der Waals surface area contributed by atoms with Gasteiger partial charge in [0.2, 0.25) is 0 Å². The molecule has 5 heteroatoms. The van der Waals surface area contributed by atoms with Gasteiger partial charge in [-0.3, -0.25) is 9.98 Å². The van der Waals surface area contributed by atoms with E-state index in [-0.39, 0.29) is 24.0 Å². The predicted octanol–water partition coefficient (Wildman–Crippen LogP) is 2.97. The zero-order valence-electron chi connectivity index (χ0n) is 12.6. The van der Waals surface area contributed by atoms with E-state index >= 15 is 0 Å². The molecule has 0 saturated carbocycles. The quantitative estimate of drug-likeness (QED) is 0.463. The molecule has 114 valence electrons. The van der Waals surface area contributed by atoms with E-state index in [4.69, 9.17) is 0 Å². The van der Waals surface area contributed by atoms with Crippen molar-refractivity contribution in [3.05, 3.63) is 42.1 Å². The summed E-state index contributed by atoms with van der Waals surface area (Å²) in [5.74, 6) is 0.861. The van der Waals surface area contributed by atoms with Gasteiger partial charge < -0.3 is 10.6 Å². The minimum atomic E-state index is 0. The molecule has 0 aliphatic heterocycles. The predicted molar refractivity (Wildman–Crippen MR) is 101 cm³/mol. The number of rotatable bonds is 5. The van der Waals surface area contributed by atoms with Crippen LogP contribution < -0.4 is 10.6 Å². The van der Waals surface area contributed by atoms with Gasteiger partial charge in [0.15, 0.2) is 5.96 Å². The molecule has 0 fully saturated rings. The van der Waals surface area contributed by atoms with Crippen LogP contribution in [0.25, 0.3) is 10.9 Å². The molecule has 21 heavy (non-hydrogen) atoms. The number of aliphatic imine (C=N–C) groups is 1. The first-order valence-electron chi connectivity index (χ1n) is 7.12. The Kier molecular flexibility index (Phi) is 8.04. The van der Waals surface area contributed by atoms with Crippen molar-refractivity contribution in [2.24, 2.45) is 4.99 Å². The number of guanidine groups is 1. The van der Waals surface area contributed by atoms with Gasteiger partial charge >= 0.3 is 0 Å². The SMILES string of the molecule is CCCNC(=NC)NCCc1cccc2cccnc12.I. The maximum absolute atomic E-state index is 4.48. The van der Waals surface area contributed by atoms with E-state index in [9.17, 15) is 0 Å². The van der Waals surface area contributed by atoms with Gasteiger partial charge in [-0.25, -0.2) is 0 Å². The summed E-state index contributed by atoms with van der Waals surface area (Å²) in [5, 5.41) is 7.79. The van der Waals surface area contributed by atoms with Crippen molar-refractivity contribution < 1.29 is 0 Å². The lowest BCUT2D eigenvalue weighted by Gasteiger charge is -2.11. The average Bonchev–Trinajstić information content (AvgIpc) is 2.51. The highest BCUT2D eigenvalue weighted by Crippen LogP contribution is 2.15. The molecule has 1 aromatic heterocycles. The molecule has 0 amide bonds. The highest BCUT2D eigenvalue weighted by molar-refractivity contribution is 14.0. The van der Waals surface area contributed by atoms with Gasteiger partial charge in [0.25, 0.3) is 0 Å². The number of hydrogen-bond acceptors (Lipinski definition) is 2. The monoisotopic (exact) mass is 398 g/mol. The summed E-state index contributed by atoms with van der Waals surface area (Å²) in [7, 11) is 1.80. The normalized spacial score (nSPS) is 11.0. The number of fused-ring (bicyclic) bond motifs is 1. The molecule has 2 aromatic rings. The number of aromatic nitrogens is 1. The molecule has 1 aromatic carbocycles. The fourth-order valence-corrected chi connectivity index (χ4v) is 2.15. The number of para-hydroxylation sites is 1. The lowest BCUT2D eigenvalue weighted by molar-refractivity contribution is 0.774. The van der Waals surface area contributed by atoms with Crippen molar-refractivity contribution in [2.45, 2.75) is 19.8 Å². The number of nitrogens with one attached hydrogen (secondary N) is 2. The smallest absolute Gasteiger partial charge is 0.190 e. The summed E-state index contributed by atoms with van der Waals surface area (Å²) in [5.41, 5.74) is 2.36. The van der Waals surface area contributed by atoms with E-state index in [1.807, 2.05) is 12.3 Å². The van der Waals surface area contributed by atoms with E-state index in [2.05, 4.69) is 51.8 Å². The van der Waals surface area contributed by atoms with Crippen molar-refractivity contribution in [3.63, 3.8) is 0 Å². The van der Waals surface area contributed by atoms with Gasteiger partial charge in [-0.1, -0.05) is 31.2 Å². The molecule has 2 N–H and O–H groups in total. The first-order chi connectivity index (χ1) is 9.85. The second kappa shape index (κ2) is 9.55. The third-order valence-corrected chi connectivity index (χ3v) is 3.17. The lowest BCUT2D eigenvalue weighted by Crippen LogP contribution is -2.38. The third kappa shape index (κ3) is 5.15. The van der Waals surface area contributed by atoms with Gasteiger partial charge in [0.05, 0.1) is 5.52 Å². The molecule has 4 nitrogen and oxygen atoms in total. The molecule has 2 rings (SSSR count). The van der Waals surface area contributed by atoms with E-state index < -0.39 is 0 Å². The van der Waals surface area contributed by atoms with Crippen LogP contribution in [0.4, 0.5) is 0 Å². The molecule has 1 heterocycles. The number of pyridine rings is 1. The minimum Gasteiger partial charge on any atom is -0.356 e. The van der Waals surface area contributed by atoms with E-state index in [1.54, 1.807) is 7.05 Å². The van der Waals surface area contributed by atoms with Crippen LogP contribution in [0.5, 0.6) is 0 Å². The molecular formula is C16H23IN4. The lowest BCUT2D eigenvalue weighted by atomic mass is 10.1. The summed E-state index contributed by atoms with van der Waals surface area (Å²) in [6, 6.07) is 10.4. The molecule has 0 aliphatic carbocycles. The van der Waals surface area contributed by atoms with Crippen LogP contribution in [0.15, 0.2) is 41.5 Å². The Labute approximate surface area is 143 Å². The topological polar surface area (TPSA) is 49.3 Å².